The second kappa shape index (κ2) is 8.77. The van der Waals surface area contributed by atoms with E-state index in [2.05, 4.69) is 28.3 Å². The number of fused-ring (bicyclic) bond motifs is 2. The van der Waals surface area contributed by atoms with E-state index in [0.717, 1.165) is 35.7 Å². The molecule has 36 heavy (non-hydrogen) atoms. The minimum atomic E-state index is -0.120. The van der Waals surface area contributed by atoms with Crippen molar-refractivity contribution in [2.24, 2.45) is 0 Å². The fraction of sp³-hybridized carbons (Fsp3) is 0.385. The third kappa shape index (κ3) is 3.76. The molecular weight excluding hydrogens is 474 g/mol. The summed E-state index contributed by atoms with van der Waals surface area (Å²) in [6.45, 7) is 7.04. The average Bonchev–Trinajstić information content (AvgIpc) is 3.60. The number of aryl methyl sites for hydroxylation is 2. The van der Waals surface area contributed by atoms with Crippen LogP contribution in [0.15, 0.2) is 35.7 Å². The first kappa shape index (κ1) is 22.8. The van der Waals surface area contributed by atoms with E-state index in [9.17, 15) is 9.59 Å². The summed E-state index contributed by atoms with van der Waals surface area (Å²) in [5.41, 5.74) is 5.20. The summed E-state index contributed by atoms with van der Waals surface area (Å²) in [5.74, 6) is 0.0679. The van der Waals surface area contributed by atoms with Crippen LogP contribution in [0.5, 0.6) is 0 Å². The van der Waals surface area contributed by atoms with E-state index in [0.29, 0.717) is 35.8 Å². The second-order valence-electron chi connectivity index (χ2n) is 9.68. The lowest BCUT2D eigenvalue weighted by molar-refractivity contribution is 0.0704. The molecule has 4 aromatic rings. The number of likely N-dealkylation sites (tertiary alicyclic amines) is 1. The molecule has 184 valence electrons. The van der Waals surface area contributed by atoms with Gasteiger partial charge >= 0.3 is 0 Å². The number of carbonyl (C=O) groups excluding carboxylic acids is 2. The van der Waals surface area contributed by atoms with Gasteiger partial charge in [0.1, 0.15) is 5.69 Å². The van der Waals surface area contributed by atoms with Crippen LogP contribution in [-0.2, 0) is 6.42 Å². The highest BCUT2D eigenvalue weighted by atomic mass is 32.1. The number of rotatable bonds is 3. The van der Waals surface area contributed by atoms with E-state index in [4.69, 9.17) is 4.98 Å². The molecule has 9 nitrogen and oxygen atoms in total. The van der Waals surface area contributed by atoms with Crippen LogP contribution in [0.4, 0.5) is 5.69 Å². The highest BCUT2D eigenvalue weighted by molar-refractivity contribution is 7.10. The Labute approximate surface area is 212 Å². The number of aromatic nitrogens is 5. The maximum Gasteiger partial charge on any atom is 0.278 e. The van der Waals surface area contributed by atoms with Gasteiger partial charge in [-0.15, -0.1) is 21.5 Å². The number of thiazole rings is 1. The highest BCUT2D eigenvalue weighted by Crippen LogP contribution is 2.35. The van der Waals surface area contributed by atoms with Crippen LogP contribution < -0.4 is 4.90 Å². The maximum absolute atomic E-state index is 13.3. The third-order valence-electron chi connectivity index (χ3n) is 7.23. The van der Waals surface area contributed by atoms with Crippen molar-refractivity contribution in [2.75, 3.05) is 18.0 Å². The molecule has 1 aromatic carbocycles. The minimum Gasteiger partial charge on any atom is -0.337 e. The predicted octanol–water partition coefficient (Wildman–Crippen LogP) is 3.81. The molecule has 0 N–H and O–H groups in total. The van der Waals surface area contributed by atoms with Crippen LogP contribution in [0.2, 0.25) is 0 Å². The Balaban J connectivity index is 1.14. The first-order chi connectivity index (χ1) is 17.4. The Bertz CT molecular complexity index is 1480. The van der Waals surface area contributed by atoms with Gasteiger partial charge in [0.05, 0.1) is 16.4 Å². The van der Waals surface area contributed by atoms with Gasteiger partial charge in [-0.05, 0) is 51.7 Å². The van der Waals surface area contributed by atoms with E-state index in [-0.39, 0.29) is 23.8 Å². The Kier molecular flexibility index (Phi) is 5.55. The number of anilines is 1. The maximum atomic E-state index is 13.3. The number of carbonyl (C=O) groups is 2. The fourth-order valence-corrected chi connectivity index (χ4v) is 6.29. The van der Waals surface area contributed by atoms with Crippen LogP contribution in [0, 0.1) is 13.8 Å². The van der Waals surface area contributed by atoms with E-state index >= 15 is 0 Å². The van der Waals surface area contributed by atoms with Gasteiger partial charge in [0.15, 0.2) is 11.3 Å². The van der Waals surface area contributed by atoms with Crippen molar-refractivity contribution >= 4 is 34.5 Å². The molecule has 6 rings (SSSR count). The molecule has 0 radical (unpaired) electrons. The van der Waals surface area contributed by atoms with E-state index in [1.54, 1.807) is 15.9 Å². The Morgan fingerprint density at radius 2 is 1.83 bits per heavy atom. The van der Waals surface area contributed by atoms with Crippen molar-refractivity contribution in [1.29, 1.82) is 0 Å². The molecule has 1 atom stereocenters. The van der Waals surface area contributed by atoms with Crippen molar-refractivity contribution in [3.63, 3.8) is 0 Å². The number of hydrogen-bond acceptors (Lipinski definition) is 7. The summed E-state index contributed by atoms with van der Waals surface area (Å²) in [6.07, 6.45) is 2.46. The van der Waals surface area contributed by atoms with Gasteiger partial charge in [-0.1, -0.05) is 18.2 Å². The van der Waals surface area contributed by atoms with Crippen LogP contribution in [0.25, 0.3) is 5.65 Å². The topological polar surface area (TPSA) is 96.6 Å². The number of nitrogens with zero attached hydrogens (tertiary/aromatic N) is 7. The van der Waals surface area contributed by atoms with Gasteiger partial charge in [-0.25, -0.2) is 9.50 Å². The number of amides is 2. The van der Waals surface area contributed by atoms with Crippen LogP contribution in [0.3, 0.4) is 0 Å². The zero-order valence-electron chi connectivity index (χ0n) is 20.5. The van der Waals surface area contributed by atoms with Gasteiger partial charge in [0.25, 0.3) is 11.8 Å². The Morgan fingerprint density at radius 3 is 2.64 bits per heavy atom. The largest absolute Gasteiger partial charge is 0.337 e. The van der Waals surface area contributed by atoms with Crippen LogP contribution in [-0.4, -0.2) is 60.6 Å². The first-order valence-electron chi connectivity index (χ1n) is 12.3. The summed E-state index contributed by atoms with van der Waals surface area (Å²) < 4.78 is 1.68. The van der Waals surface area contributed by atoms with Crippen molar-refractivity contribution in [2.45, 2.75) is 52.0 Å². The lowest BCUT2D eigenvalue weighted by atomic mass is 9.97. The van der Waals surface area contributed by atoms with E-state index in [1.165, 1.54) is 5.56 Å². The molecular formula is C26H27N7O2S. The van der Waals surface area contributed by atoms with Crippen LogP contribution in [0.1, 0.15) is 68.6 Å². The number of para-hydroxylation sites is 1. The molecule has 2 aliphatic heterocycles. The van der Waals surface area contributed by atoms with Crippen molar-refractivity contribution in [3.8, 4) is 0 Å². The average molecular weight is 502 g/mol. The molecule has 10 heteroatoms. The van der Waals surface area contributed by atoms with Crippen molar-refractivity contribution < 1.29 is 9.59 Å². The van der Waals surface area contributed by atoms with Crippen LogP contribution >= 0.6 is 11.3 Å². The standard InChI is InChI=1S/C26H27N7O2S/c1-15-12-22-28-29-23(17(3)33(22)30-15)26(35)31-10-8-18(9-11-31)24-27-20(14-36-24)25(34)32-16(2)13-19-6-4-5-7-21(19)32/h4-7,12,14,16,18H,8-11,13H2,1-3H3. The molecule has 2 aliphatic rings. The molecule has 0 bridgehead atoms. The van der Waals surface area contributed by atoms with Gasteiger partial charge in [-0.3, -0.25) is 9.59 Å². The van der Waals surface area contributed by atoms with E-state index in [1.807, 2.05) is 53.3 Å². The Hall–Kier alpha value is -3.66. The van der Waals surface area contributed by atoms with Gasteiger partial charge in [0, 0.05) is 42.2 Å². The lowest BCUT2D eigenvalue weighted by Gasteiger charge is -2.31. The summed E-state index contributed by atoms with van der Waals surface area (Å²) in [5, 5.41) is 15.6. The summed E-state index contributed by atoms with van der Waals surface area (Å²) in [4.78, 5) is 35.0. The molecule has 0 aliphatic carbocycles. The molecule has 1 saturated heterocycles. The molecule has 3 aromatic heterocycles. The highest BCUT2D eigenvalue weighted by Gasteiger charge is 2.34. The molecule has 1 unspecified atom stereocenters. The third-order valence-corrected chi connectivity index (χ3v) is 8.23. The zero-order chi connectivity index (χ0) is 25.0. The zero-order valence-corrected chi connectivity index (χ0v) is 21.3. The summed E-state index contributed by atoms with van der Waals surface area (Å²) in [7, 11) is 0. The molecule has 0 spiro atoms. The van der Waals surface area contributed by atoms with Crippen molar-refractivity contribution in [1.82, 2.24) is 29.7 Å². The monoisotopic (exact) mass is 501 g/mol. The number of piperidine rings is 1. The SMILES string of the molecule is Cc1cc2nnc(C(=O)N3CCC(c4nc(C(=O)N5c6ccccc6CC5C)cs4)CC3)c(C)n2n1. The number of hydrogen-bond donors (Lipinski definition) is 0. The molecule has 5 heterocycles. The lowest BCUT2D eigenvalue weighted by Crippen LogP contribution is -2.39. The smallest absolute Gasteiger partial charge is 0.278 e. The molecule has 2 amide bonds. The summed E-state index contributed by atoms with van der Waals surface area (Å²) >= 11 is 1.54. The Morgan fingerprint density at radius 1 is 1.06 bits per heavy atom. The fourth-order valence-electron chi connectivity index (χ4n) is 5.33. The number of benzene rings is 1. The quantitative estimate of drug-likeness (QED) is 0.424. The van der Waals surface area contributed by atoms with E-state index < -0.39 is 0 Å². The normalized spacial score (nSPS) is 18.1. The predicted molar refractivity (Wildman–Crippen MR) is 137 cm³/mol. The van der Waals surface area contributed by atoms with Crippen molar-refractivity contribution in [3.05, 3.63) is 69.1 Å². The van der Waals surface area contributed by atoms with Gasteiger partial charge < -0.3 is 9.80 Å². The summed E-state index contributed by atoms with van der Waals surface area (Å²) in [6, 6.07) is 10.0. The molecule has 0 saturated carbocycles. The first-order valence-corrected chi connectivity index (χ1v) is 13.1. The second-order valence-corrected chi connectivity index (χ2v) is 10.6. The molecule has 1 fully saturated rings. The van der Waals surface area contributed by atoms with Gasteiger partial charge in [-0.2, -0.15) is 5.10 Å². The van der Waals surface area contributed by atoms with Gasteiger partial charge in [0.2, 0.25) is 0 Å². The minimum absolute atomic E-state index is 0.0409.